The number of hydrogen-bond donors (Lipinski definition) is 2. The van der Waals surface area contributed by atoms with Gasteiger partial charge in [0.05, 0.1) is 35.0 Å². The van der Waals surface area contributed by atoms with Crippen molar-refractivity contribution in [2.24, 2.45) is 0 Å². The number of benzene rings is 2. The number of fused-ring (bicyclic) bond motifs is 1. The molecule has 0 atom stereocenters. The van der Waals surface area contributed by atoms with E-state index in [4.69, 9.17) is 18.9 Å². The van der Waals surface area contributed by atoms with Crippen molar-refractivity contribution < 1.29 is 27.4 Å². The summed E-state index contributed by atoms with van der Waals surface area (Å²) in [6.45, 7) is 1.50. The molecular weight excluding hydrogens is 474 g/mol. The van der Waals surface area contributed by atoms with Gasteiger partial charge in [0.15, 0.2) is 11.5 Å². The number of ether oxygens (including phenoxy) is 4. The quantitative estimate of drug-likeness (QED) is 0.335. The second-order valence-corrected chi connectivity index (χ2v) is 9.51. The Morgan fingerprint density at radius 1 is 0.914 bits per heavy atom. The lowest BCUT2D eigenvalue weighted by Gasteiger charge is -2.20. The summed E-state index contributed by atoms with van der Waals surface area (Å²) in [5.41, 5.74) is 1.97. The van der Waals surface area contributed by atoms with Crippen LogP contribution in [0.5, 0.6) is 11.5 Å². The second-order valence-electron chi connectivity index (χ2n) is 7.63. The zero-order chi connectivity index (χ0) is 25.4. The largest absolute Gasteiger partial charge is 0.487 e. The number of methoxy groups -OCH3 is 2. The van der Waals surface area contributed by atoms with E-state index in [0.717, 1.165) is 5.69 Å². The summed E-state index contributed by atoms with van der Waals surface area (Å²) >= 11 is 0. The van der Waals surface area contributed by atoms with Crippen molar-refractivity contribution in [3.63, 3.8) is 0 Å². The van der Waals surface area contributed by atoms with Crippen molar-refractivity contribution >= 4 is 38.1 Å². The molecule has 12 heteroatoms. The highest BCUT2D eigenvalue weighted by Crippen LogP contribution is 2.37. The summed E-state index contributed by atoms with van der Waals surface area (Å²) in [5, 5.41) is 3.95. The van der Waals surface area contributed by atoms with Crippen LogP contribution in [0.2, 0.25) is 0 Å². The maximum Gasteiger partial charge on any atom is 0.240 e. The van der Waals surface area contributed by atoms with Gasteiger partial charge in [-0.15, -0.1) is 0 Å². The Bertz CT molecular complexity index is 1250. The monoisotopic (exact) mass is 505 g/mol. The SMILES string of the molecule is CNS(=O)(=O)c1ccc(N(C)C)c(Nc2ncnc3cc(OCCOC)c(OCCOC)cc23)c1. The van der Waals surface area contributed by atoms with Crippen molar-refractivity contribution in [2.45, 2.75) is 4.90 Å². The van der Waals surface area contributed by atoms with Gasteiger partial charge in [-0.2, -0.15) is 0 Å². The Kier molecular flexibility index (Phi) is 9.04. The number of nitrogens with zero attached hydrogens (tertiary/aromatic N) is 3. The molecule has 0 radical (unpaired) electrons. The maximum atomic E-state index is 12.4. The van der Waals surface area contributed by atoms with Gasteiger partial charge < -0.3 is 29.2 Å². The Morgan fingerprint density at radius 3 is 2.17 bits per heavy atom. The standard InChI is InChI=1S/C23H31N5O6S/c1-24-35(29,30)16-6-7-20(28(2)3)19(12-16)27-23-17-13-21(33-10-8-31-4)22(34-11-9-32-5)14-18(17)25-15-26-23/h6-7,12-15,24H,8-11H2,1-5H3,(H,25,26,27). The van der Waals surface area contributed by atoms with E-state index in [1.165, 1.54) is 13.4 Å². The van der Waals surface area contributed by atoms with Gasteiger partial charge in [-0.1, -0.05) is 0 Å². The molecule has 0 fully saturated rings. The number of anilines is 3. The third-order valence-electron chi connectivity index (χ3n) is 5.07. The highest BCUT2D eigenvalue weighted by atomic mass is 32.2. The fourth-order valence-corrected chi connectivity index (χ4v) is 4.03. The average molecular weight is 506 g/mol. The fraction of sp³-hybridized carbons (Fsp3) is 0.391. The molecule has 1 heterocycles. The van der Waals surface area contributed by atoms with Crippen LogP contribution in [0, 0.1) is 0 Å². The van der Waals surface area contributed by atoms with Crippen LogP contribution in [0.4, 0.5) is 17.2 Å². The van der Waals surface area contributed by atoms with Gasteiger partial charge in [-0.05, 0) is 31.3 Å². The lowest BCUT2D eigenvalue weighted by molar-refractivity contribution is 0.132. The molecule has 0 aliphatic carbocycles. The molecule has 0 bridgehead atoms. The first-order chi connectivity index (χ1) is 16.8. The number of aromatic nitrogens is 2. The summed E-state index contributed by atoms with van der Waals surface area (Å²) in [5.74, 6) is 1.51. The second kappa shape index (κ2) is 12.0. The molecule has 2 aromatic carbocycles. The first-order valence-corrected chi connectivity index (χ1v) is 12.3. The third-order valence-corrected chi connectivity index (χ3v) is 6.48. The summed E-state index contributed by atoms with van der Waals surface area (Å²) < 4.78 is 49.0. The summed E-state index contributed by atoms with van der Waals surface area (Å²) in [4.78, 5) is 10.8. The molecule has 0 amide bonds. The molecule has 35 heavy (non-hydrogen) atoms. The summed E-state index contributed by atoms with van der Waals surface area (Å²) in [6.07, 6.45) is 1.43. The van der Waals surface area contributed by atoms with Crippen LogP contribution in [0.25, 0.3) is 10.9 Å². The smallest absolute Gasteiger partial charge is 0.240 e. The zero-order valence-electron chi connectivity index (χ0n) is 20.5. The van der Waals surface area contributed by atoms with Crippen LogP contribution in [-0.2, 0) is 19.5 Å². The molecule has 0 saturated carbocycles. The van der Waals surface area contributed by atoms with Gasteiger partial charge in [0.1, 0.15) is 25.4 Å². The van der Waals surface area contributed by atoms with Crippen LogP contribution in [0.15, 0.2) is 41.6 Å². The normalized spacial score (nSPS) is 11.5. The minimum Gasteiger partial charge on any atom is -0.487 e. The van der Waals surface area contributed by atoms with Gasteiger partial charge in [0.2, 0.25) is 10.0 Å². The molecule has 0 aliphatic rings. The van der Waals surface area contributed by atoms with Gasteiger partial charge in [-0.25, -0.2) is 23.1 Å². The van der Waals surface area contributed by atoms with Crippen molar-refractivity contribution in [1.29, 1.82) is 0 Å². The van der Waals surface area contributed by atoms with E-state index in [1.54, 1.807) is 44.6 Å². The molecule has 3 rings (SSSR count). The highest BCUT2D eigenvalue weighted by Gasteiger charge is 2.17. The van der Waals surface area contributed by atoms with Crippen LogP contribution in [0.1, 0.15) is 0 Å². The minimum absolute atomic E-state index is 0.129. The predicted octanol–water partition coefficient (Wildman–Crippen LogP) is 2.40. The van der Waals surface area contributed by atoms with E-state index in [1.807, 2.05) is 19.0 Å². The molecule has 190 valence electrons. The Labute approximate surface area is 205 Å². The van der Waals surface area contributed by atoms with Crippen molar-refractivity contribution in [2.75, 3.05) is 72.0 Å². The number of hydrogen-bond acceptors (Lipinski definition) is 10. The minimum atomic E-state index is -3.63. The Morgan fingerprint density at radius 2 is 1.57 bits per heavy atom. The van der Waals surface area contributed by atoms with Gasteiger partial charge in [0.25, 0.3) is 0 Å². The molecule has 0 spiro atoms. The van der Waals surface area contributed by atoms with Crippen molar-refractivity contribution in [1.82, 2.24) is 14.7 Å². The average Bonchev–Trinajstić information content (AvgIpc) is 2.84. The van der Waals surface area contributed by atoms with Crippen LogP contribution in [0.3, 0.4) is 0 Å². The number of sulfonamides is 1. The maximum absolute atomic E-state index is 12.4. The molecule has 2 N–H and O–H groups in total. The van der Waals surface area contributed by atoms with Gasteiger partial charge in [-0.3, -0.25) is 0 Å². The first-order valence-electron chi connectivity index (χ1n) is 10.8. The third kappa shape index (κ3) is 6.48. The molecule has 1 aromatic heterocycles. The number of nitrogens with one attached hydrogen (secondary N) is 2. The van der Waals surface area contributed by atoms with Crippen LogP contribution in [-0.4, -0.2) is 80.2 Å². The zero-order valence-corrected chi connectivity index (χ0v) is 21.3. The van der Waals surface area contributed by atoms with E-state index in [2.05, 4.69) is 20.0 Å². The summed E-state index contributed by atoms with van der Waals surface area (Å²) in [6, 6.07) is 8.41. The van der Waals surface area contributed by atoms with E-state index in [-0.39, 0.29) is 4.90 Å². The van der Waals surface area contributed by atoms with E-state index in [9.17, 15) is 8.42 Å². The molecule has 0 aliphatic heterocycles. The number of rotatable bonds is 13. The van der Waals surface area contributed by atoms with Crippen LogP contribution < -0.4 is 24.4 Å². The molecular formula is C23H31N5O6S. The van der Waals surface area contributed by atoms with Crippen LogP contribution >= 0.6 is 0 Å². The van der Waals surface area contributed by atoms with Gasteiger partial charge in [0, 0.05) is 39.8 Å². The Balaban J connectivity index is 2.07. The lowest BCUT2D eigenvalue weighted by atomic mass is 10.2. The lowest BCUT2D eigenvalue weighted by Crippen LogP contribution is -2.19. The van der Waals surface area contributed by atoms with Gasteiger partial charge >= 0.3 is 0 Å². The topological polar surface area (TPSA) is 124 Å². The fourth-order valence-electron chi connectivity index (χ4n) is 3.28. The Hall–Kier alpha value is -3.19. The highest BCUT2D eigenvalue weighted by molar-refractivity contribution is 7.89. The van der Waals surface area contributed by atoms with E-state index in [0.29, 0.717) is 60.3 Å². The molecule has 11 nitrogen and oxygen atoms in total. The van der Waals surface area contributed by atoms with Crippen molar-refractivity contribution in [3.05, 3.63) is 36.7 Å². The summed E-state index contributed by atoms with van der Waals surface area (Å²) in [7, 11) is 4.68. The molecule has 0 saturated heterocycles. The predicted molar refractivity (Wildman–Crippen MR) is 135 cm³/mol. The van der Waals surface area contributed by atoms with E-state index >= 15 is 0 Å². The molecule has 0 unspecified atom stereocenters. The van der Waals surface area contributed by atoms with Crippen molar-refractivity contribution in [3.8, 4) is 11.5 Å². The molecule has 3 aromatic rings. The van der Waals surface area contributed by atoms with E-state index < -0.39 is 10.0 Å². The first kappa shape index (κ1) is 26.4.